The van der Waals surface area contributed by atoms with Gasteiger partial charge in [0.25, 0.3) is 0 Å². The highest BCUT2D eigenvalue weighted by molar-refractivity contribution is 5.76. The zero-order chi connectivity index (χ0) is 21.0. The van der Waals surface area contributed by atoms with Gasteiger partial charge >= 0.3 is 0 Å². The van der Waals surface area contributed by atoms with Crippen LogP contribution < -0.4 is 0 Å². The van der Waals surface area contributed by atoms with Crippen LogP contribution in [0.1, 0.15) is 43.4 Å². The molecule has 1 amide bonds. The van der Waals surface area contributed by atoms with Gasteiger partial charge in [0, 0.05) is 31.9 Å². The molecule has 2 aromatic carbocycles. The third-order valence-corrected chi connectivity index (χ3v) is 6.31. The predicted molar refractivity (Wildman–Crippen MR) is 117 cm³/mol. The minimum atomic E-state index is -1.06. The molecule has 1 atom stereocenters. The molecule has 0 bridgehead atoms. The van der Waals surface area contributed by atoms with Crippen molar-refractivity contribution in [2.75, 3.05) is 13.1 Å². The van der Waals surface area contributed by atoms with E-state index >= 15 is 0 Å². The lowest BCUT2D eigenvalue weighted by molar-refractivity contribution is -0.134. The van der Waals surface area contributed by atoms with Crippen molar-refractivity contribution in [3.05, 3.63) is 90.3 Å². The molecule has 4 rings (SSSR count). The molecule has 156 valence electrons. The first-order valence-corrected chi connectivity index (χ1v) is 10.7. The minimum Gasteiger partial charge on any atom is -0.380 e. The standard InChI is InChI=1S/C25H29N3O2/c1-20(28-16-8-15-26-28)19-24(29)27-17-13-23(14-18-27)25(30,21-9-4-2-5-10-21)22-11-6-3-7-12-22/h2-12,15-16,20,23,30H,13-14,17-19H2,1H3. The highest BCUT2D eigenvalue weighted by atomic mass is 16.3. The van der Waals surface area contributed by atoms with E-state index in [4.69, 9.17) is 0 Å². The zero-order valence-corrected chi connectivity index (χ0v) is 17.4. The Labute approximate surface area is 178 Å². The average Bonchev–Trinajstić information content (AvgIpc) is 3.35. The molecular formula is C25H29N3O2. The summed E-state index contributed by atoms with van der Waals surface area (Å²) < 4.78 is 1.83. The maximum absolute atomic E-state index is 12.8. The molecule has 0 saturated carbocycles. The van der Waals surface area contributed by atoms with Crippen LogP contribution in [0.5, 0.6) is 0 Å². The minimum absolute atomic E-state index is 0.0378. The number of benzene rings is 2. The number of carbonyl (C=O) groups is 1. The molecule has 1 fully saturated rings. The molecule has 0 aliphatic carbocycles. The van der Waals surface area contributed by atoms with Crippen LogP contribution in [-0.4, -0.2) is 38.8 Å². The van der Waals surface area contributed by atoms with Gasteiger partial charge in [-0.15, -0.1) is 0 Å². The van der Waals surface area contributed by atoms with E-state index < -0.39 is 5.60 Å². The molecule has 1 aliphatic heterocycles. The average molecular weight is 404 g/mol. The van der Waals surface area contributed by atoms with Crippen molar-refractivity contribution in [3.8, 4) is 0 Å². The number of carbonyl (C=O) groups excluding carboxylic acids is 1. The fourth-order valence-corrected chi connectivity index (χ4v) is 4.59. The van der Waals surface area contributed by atoms with Crippen LogP contribution in [0.2, 0.25) is 0 Å². The maximum Gasteiger partial charge on any atom is 0.224 e. The van der Waals surface area contributed by atoms with Crippen molar-refractivity contribution in [2.24, 2.45) is 5.92 Å². The molecule has 0 spiro atoms. The SMILES string of the molecule is CC(CC(=O)N1CCC(C(O)(c2ccccc2)c2ccccc2)CC1)n1cccn1. The summed E-state index contributed by atoms with van der Waals surface area (Å²) in [5, 5.41) is 16.2. The highest BCUT2D eigenvalue weighted by Gasteiger charge is 2.42. The van der Waals surface area contributed by atoms with Gasteiger partial charge < -0.3 is 10.0 Å². The molecule has 3 aromatic rings. The Bertz CT molecular complexity index is 894. The van der Waals surface area contributed by atoms with Crippen molar-refractivity contribution < 1.29 is 9.90 Å². The summed E-state index contributed by atoms with van der Waals surface area (Å²) in [7, 11) is 0. The lowest BCUT2D eigenvalue weighted by atomic mass is 9.72. The van der Waals surface area contributed by atoms with Crippen LogP contribution in [0.25, 0.3) is 0 Å². The summed E-state index contributed by atoms with van der Waals surface area (Å²) in [6.07, 6.45) is 5.60. The second kappa shape index (κ2) is 8.84. The highest BCUT2D eigenvalue weighted by Crippen LogP contribution is 2.42. The molecule has 30 heavy (non-hydrogen) atoms. The number of hydrogen-bond donors (Lipinski definition) is 1. The van der Waals surface area contributed by atoms with Gasteiger partial charge in [-0.2, -0.15) is 5.10 Å². The number of nitrogens with zero attached hydrogens (tertiary/aromatic N) is 3. The molecule has 1 aromatic heterocycles. The Hall–Kier alpha value is -2.92. The van der Waals surface area contributed by atoms with Gasteiger partial charge in [0.15, 0.2) is 0 Å². The molecule has 1 saturated heterocycles. The van der Waals surface area contributed by atoms with E-state index in [0.717, 1.165) is 24.0 Å². The topological polar surface area (TPSA) is 58.4 Å². The Morgan fingerprint density at radius 3 is 2.10 bits per heavy atom. The summed E-state index contributed by atoms with van der Waals surface area (Å²) in [4.78, 5) is 14.8. The Kier molecular flexibility index (Phi) is 6.00. The maximum atomic E-state index is 12.8. The summed E-state index contributed by atoms with van der Waals surface area (Å²) in [5.74, 6) is 0.203. The van der Waals surface area contributed by atoms with E-state index in [0.29, 0.717) is 19.5 Å². The molecule has 5 nitrogen and oxygen atoms in total. The normalized spacial score (nSPS) is 16.4. The lowest BCUT2D eigenvalue weighted by Gasteiger charge is -2.42. The number of rotatable bonds is 6. The van der Waals surface area contributed by atoms with Gasteiger partial charge in [-0.05, 0) is 42.9 Å². The molecule has 1 aliphatic rings. The summed E-state index contributed by atoms with van der Waals surface area (Å²) in [6, 6.07) is 21.7. The van der Waals surface area contributed by atoms with E-state index in [1.54, 1.807) is 6.20 Å². The van der Waals surface area contributed by atoms with E-state index in [2.05, 4.69) is 5.10 Å². The van der Waals surface area contributed by atoms with Crippen LogP contribution in [0.3, 0.4) is 0 Å². The number of aliphatic hydroxyl groups is 1. The van der Waals surface area contributed by atoms with E-state index in [9.17, 15) is 9.90 Å². The van der Waals surface area contributed by atoms with Gasteiger partial charge in [0.1, 0.15) is 5.60 Å². The predicted octanol–water partition coefficient (Wildman–Crippen LogP) is 4.01. The first-order chi connectivity index (χ1) is 14.6. The third kappa shape index (κ3) is 4.03. The number of piperidine rings is 1. The van der Waals surface area contributed by atoms with Crippen LogP contribution in [-0.2, 0) is 10.4 Å². The van der Waals surface area contributed by atoms with Crippen molar-refractivity contribution in [2.45, 2.75) is 37.8 Å². The van der Waals surface area contributed by atoms with Gasteiger partial charge in [-0.3, -0.25) is 9.48 Å². The Morgan fingerprint density at radius 1 is 1.03 bits per heavy atom. The largest absolute Gasteiger partial charge is 0.380 e. The summed E-state index contributed by atoms with van der Waals surface area (Å²) in [6.45, 7) is 3.34. The van der Waals surface area contributed by atoms with Gasteiger partial charge in [-0.25, -0.2) is 0 Å². The number of aromatic nitrogens is 2. The molecule has 0 radical (unpaired) electrons. The quantitative estimate of drug-likeness (QED) is 0.677. The van der Waals surface area contributed by atoms with Crippen LogP contribution in [0.4, 0.5) is 0 Å². The molecular weight excluding hydrogens is 374 g/mol. The van der Waals surface area contributed by atoms with Crippen LogP contribution in [0.15, 0.2) is 79.1 Å². The molecule has 1 unspecified atom stereocenters. The first kappa shape index (κ1) is 20.4. The molecule has 5 heteroatoms. The lowest BCUT2D eigenvalue weighted by Crippen LogP contribution is -2.46. The molecule has 2 heterocycles. The number of likely N-dealkylation sites (tertiary alicyclic amines) is 1. The first-order valence-electron chi connectivity index (χ1n) is 10.7. The Balaban J connectivity index is 1.47. The number of amides is 1. The smallest absolute Gasteiger partial charge is 0.224 e. The van der Waals surface area contributed by atoms with Crippen molar-refractivity contribution >= 4 is 5.91 Å². The molecule has 1 N–H and O–H groups in total. The van der Waals surface area contributed by atoms with E-state index in [1.807, 2.05) is 89.4 Å². The number of hydrogen-bond acceptors (Lipinski definition) is 3. The third-order valence-electron chi connectivity index (χ3n) is 6.31. The monoisotopic (exact) mass is 403 g/mol. The van der Waals surface area contributed by atoms with Crippen LogP contribution in [0, 0.1) is 5.92 Å². The van der Waals surface area contributed by atoms with Crippen molar-refractivity contribution in [1.82, 2.24) is 14.7 Å². The fourth-order valence-electron chi connectivity index (χ4n) is 4.59. The second-order valence-electron chi connectivity index (χ2n) is 8.19. The van der Waals surface area contributed by atoms with E-state index in [-0.39, 0.29) is 17.9 Å². The van der Waals surface area contributed by atoms with Gasteiger partial charge in [0.05, 0.1) is 6.04 Å². The van der Waals surface area contributed by atoms with Crippen molar-refractivity contribution in [1.29, 1.82) is 0 Å². The summed E-state index contributed by atoms with van der Waals surface area (Å²) >= 11 is 0. The van der Waals surface area contributed by atoms with Crippen LogP contribution >= 0.6 is 0 Å². The Morgan fingerprint density at radius 2 is 1.60 bits per heavy atom. The fraction of sp³-hybridized carbons (Fsp3) is 0.360. The van der Waals surface area contributed by atoms with E-state index in [1.165, 1.54) is 0 Å². The van der Waals surface area contributed by atoms with Crippen molar-refractivity contribution in [3.63, 3.8) is 0 Å². The second-order valence-corrected chi connectivity index (χ2v) is 8.19. The van der Waals surface area contributed by atoms with Gasteiger partial charge in [-0.1, -0.05) is 60.7 Å². The summed E-state index contributed by atoms with van der Waals surface area (Å²) in [5.41, 5.74) is 0.765. The zero-order valence-electron chi connectivity index (χ0n) is 17.4. The van der Waals surface area contributed by atoms with Gasteiger partial charge in [0.2, 0.25) is 5.91 Å².